The molecule has 1 saturated heterocycles. The fourth-order valence-corrected chi connectivity index (χ4v) is 5.25. The number of piperazine rings is 1. The molecular weight excluding hydrogens is 384 g/mol. The minimum absolute atomic E-state index is 0.161. The van der Waals surface area contributed by atoms with Gasteiger partial charge in [0.25, 0.3) is 5.91 Å². The van der Waals surface area contributed by atoms with Gasteiger partial charge in [-0.15, -0.1) is 23.1 Å². The highest BCUT2D eigenvalue weighted by atomic mass is 32.2. The highest BCUT2D eigenvalue weighted by Gasteiger charge is 2.23. The predicted molar refractivity (Wildman–Crippen MR) is 118 cm³/mol. The molecule has 0 N–H and O–H groups in total. The van der Waals surface area contributed by atoms with E-state index in [4.69, 9.17) is 0 Å². The molecule has 0 bridgehead atoms. The van der Waals surface area contributed by atoms with E-state index in [0.29, 0.717) is 0 Å². The SMILES string of the molecule is O=C(c1ccccc1SCc1cccs1)N1CCN(Cc2ccccc2)CC1. The van der Waals surface area contributed by atoms with Crippen molar-refractivity contribution in [2.24, 2.45) is 0 Å². The van der Waals surface area contributed by atoms with E-state index < -0.39 is 0 Å². The molecule has 2 aromatic carbocycles. The molecular formula is C23H24N2OS2. The smallest absolute Gasteiger partial charge is 0.255 e. The zero-order chi connectivity index (χ0) is 19.2. The molecule has 0 saturated carbocycles. The first-order chi connectivity index (χ1) is 13.8. The van der Waals surface area contributed by atoms with Crippen LogP contribution in [0.5, 0.6) is 0 Å². The monoisotopic (exact) mass is 408 g/mol. The van der Waals surface area contributed by atoms with E-state index in [1.165, 1.54) is 10.4 Å². The van der Waals surface area contributed by atoms with Crippen LogP contribution >= 0.6 is 23.1 Å². The Morgan fingerprint density at radius 1 is 0.893 bits per heavy atom. The number of thioether (sulfide) groups is 1. The summed E-state index contributed by atoms with van der Waals surface area (Å²) in [5.41, 5.74) is 2.16. The Bertz CT molecular complexity index is 888. The molecule has 1 amide bonds. The summed E-state index contributed by atoms with van der Waals surface area (Å²) in [5, 5.41) is 2.10. The van der Waals surface area contributed by atoms with Crippen molar-refractivity contribution in [2.45, 2.75) is 17.2 Å². The lowest BCUT2D eigenvalue weighted by atomic mass is 10.1. The van der Waals surface area contributed by atoms with E-state index in [1.807, 2.05) is 29.2 Å². The van der Waals surface area contributed by atoms with E-state index in [2.05, 4.69) is 52.7 Å². The number of rotatable bonds is 6. The van der Waals surface area contributed by atoms with Gasteiger partial charge in [-0.25, -0.2) is 0 Å². The third-order valence-corrected chi connectivity index (χ3v) is 7.16. The summed E-state index contributed by atoms with van der Waals surface area (Å²) in [6.45, 7) is 4.37. The van der Waals surface area contributed by atoms with Crippen molar-refractivity contribution in [2.75, 3.05) is 26.2 Å². The van der Waals surface area contributed by atoms with Crippen LogP contribution in [0.25, 0.3) is 0 Å². The second-order valence-electron chi connectivity index (χ2n) is 6.92. The molecule has 4 rings (SSSR count). The molecule has 144 valence electrons. The van der Waals surface area contributed by atoms with Crippen molar-refractivity contribution in [1.29, 1.82) is 0 Å². The number of carbonyl (C=O) groups excluding carboxylic acids is 1. The van der Waals surface area contributed by atoms with Crippen LogP contribution in [0, 0.1) is 0 Å². The van der Waals surface area contributed by atoms with Crippen LogP contribution in [0.15, 0.2) is 77.0 Å². The average molecular weight is 409 g/mol. The number of hydrogen-bond acceptors (Lipinski definition) is 4. The molecule has 1 aliphatic heterocycles. The van der Waals surface area contributed by atoms with E-state index >= 15 is 0 Å². The largest absolute Gasteiger partial charge is 0.336 e. The number of thiophene rings is 1. The fourth-order valence-electron chi connectivity index (χ4n) is 3.43. The van der Waals surface area contributed by atoms with Crippen molar-refractivity contribution in [1.82, 2.24) is 9.80 Å². The van der Waals surface area contributed by atoms with Gasteiger partial charge in [-0.3, -0.25) is 9.69 Å². The maximum absolute atomic E-state index is 13.1. The van der Waals surface area contributed by atoms with Crippen LogP contribution < -0.4 is 0 Å². The number of carbonyl (C=O) groups is 1. The second-order valence-corrected chi connectivity index (χ2v) is 8.97. The van der Waals surface area contributed by atoms with E-state index in [9.17, 15) is 4.79 Å². The maximum Gasteiger partial charge on any atom is 0.255 e. The first-order valence-electron chi connectivity index (χ1n) is 9.59. The predicted octanol–water partition coefficient (Wildman–Crippen LogP) is 5.00. The zero-order valence-electron chi connectivity index (χ0n) is 15.8. The summed E-state index contributed by atoms with van der Waals surface area (Å²) in [6.07, 6.45) is 0. The summed E-state index contributed by atoms with van der Waals surface area (Å²) in [4.78, 5) is 20.0. The fraction of sp³-hybridized carbons (Fsp3) is 0.261. The van der Waals surface area contributed by atoms with Gasteiger partial charge in [-0.2, -0.15) is 0 Å². The van der Waals surface area contributed by atoms with Gasteiger partial charge in [-0.1, -0.05) is 48.5 Å². The molecule has 0 aliphatic carbocycles. The number of nitrogens with zero attached hydrogens (tertiary/aromatic N) is 2. The summed E-state index contributed by atoms with van der Waals surface area (Å²) in [7, 11) is 0. The van der Waals surface area contributed by atoms with Crippen LogP contribution in [0.1, 0.15) is 20.8 Å². The van der Waals surface area contributed by atoms with E-state index in [1.54, 1.807) is 23.1 Å². The first kappa shape index (κ1) is 19.2. The lowest BCUT2D eigenvalue weighted by Gasteiger charge is -2.35. The van der Waals surface area contributed by atoms with Gasteiger partial charge in [0, 0.05) is 48.2 Å². The molecule has 3 aromatic rings. The highest BCUT2D eigenvalue weighted by molar-refractivity contribution is 7.98. The molecule has 1 fully saturated rings. The van der Waals surface area contributed by atoms with Gasteiger partial charge in [-0.05, 0) is 29.1 Å². The van der Waals surface area contributed by atoms with Crippen molar-refractivity contribution < 1.29 is 4.79 Å². The first-order valence-corrected chi connectivity index (χ1v) is 11.5. The summed E-state index contributed by atoms with van der Waals surface area (Å²) >= 11 is 3.52. The van der Waals surface area contributed by atoms with Gasteiger partial charge in [0.2, 0.25) is 0 Å². The topological polar surface area (TPSA) is 23.6 Å². The lowest BCUT2D eigenvalue weighted by molar-refractivity contribution is 0.0625. The van der Waals surface area contributed by atoms with Gasteiger partial charge in [0.05, 0.1) is 5.56 Å². The number of hydrogen-bond donors (Lipinski definition) is 0. The molecule has 0 radical (unpaired) electrons. The van der Waals surface area contributed by atoms with Crippen LogP contribution in [0.4, 0.5) is 0 Å². The molecule has 28 heavy (non-hydrogen) atoms. The lowest BCUT2D eigenvalue weighted by Crippen LogP contribution is -2.48. The Morgan fingerprint density at radius 3 is 2.39 bits per heavy atom. The molecule has 2 heterocycles. The number of benzene rings is 2. The molecule has 0 unspecified atom stereocenters. The van der Waals surface area contributed by atoms with Crippen LogP contribution in [0.3, 0.4) is 0 Å². The Morgan fingerprint density at radius 2 is 1.64 bits per heavy atom. The van der Waals surface area contributed by atoms with Gasteiger partial charge >= 0.3 is 0 Å². The number of amides is 1. The van der Waals surface area contributed by atoms with Crippen molar-refractivity contribution >= 4 is 29.0 Å². The minimum Gasteiger partial charge on any atom is -0.336 e. The molecule has 1 aliphatic rings. The zero-order valence-corrected chi connectivity index (χ0v) is 17.4. The minimum atomic E-state index is 0.161. The molecule has 0 atom stereocenters. The van der Waals surface area contributed by atoms with E-state index in [0.717, 1.165) is 48.9 Å². The van der Waals surface area contributed by atoms with Gasteiger partial charge < -0.3 is 4.90 Å². The Kier molecular flexibility index (Phi) is 6.47. The standard InChI is InChI=1S/C23H24N2OS2/c26-23(21-10-4-5-11-22(21)28-18-20-9-6-16-27-20)25-14-12-24(13-15-25)17-19-7-2-1-3-8-19/h1-11,16H,12-15,17-18H2. The molecule has 1 aromatic heterocycles. The van der Waals surface area contributed by atoms with Crippen molar-refractivity contribution in [3.05, 3.63) is 88.1 Å². The molecule has 5 heteroatoms. The molecule has 0 spiro atoms. The van der Waals surface area contributed by atoms with Crippen LogP contribution in [-0.2, 0) is 12.3 Å². The Hall–Kier alpha value is -2.08. The Balaban J connectivity index is 1.36. The van der Waals surface area contributed by atoms with E-state index in [-0.39, 0.29) is 5.91 Å². The maximum atomic E-state index is 13.1. The van der Waals surface area contributed by atoms with Crippen LogP contribution in [0.2, 0.25) is 0 Å². The third kappa shape index (κ3) is 4.85. The third-order valence-electron chi connectivity index (χ3n) is 4.98. The normalized spacial score (nSPS) is 14.9. The summed E-state index contributed by atoms with van der Waals surface area (Å²) in [5.74, 6) is 1.07. The van der Waals surface area contributed by atoms with Gasteiger partial charge in [0.1, 0.15) is 0 Å². The summed E-state index contributed by atoms with van der Waals surface area (Å²) in [6, 6.07) is 22.8. The van der Waals surface area contributed by atoms with Gasteiger partial charge in [0.15, 0.2) is 0 Å². The quantitative estimate of drug-likeness (QED) is 0.536. The molecule has 3 nitrogen and oxygen atoms in total. The highest BCUT2D eigenvalue weighted by Crippen LogP contribution is 2.29. The average Bonchev–Trinajstić information content (AvgIpc) is 3.27. The Labute approximate surface area is 175 Å². The summed E-state index contributed by atoms with van der Waals surface area (Å²) < 4.78 is 0. The van der Waals surface area contributed by atoms with Crippen LogP contribution in [-0.4, -0.2) is 41.9 Å². The van der Waals surface area contributed by atoms with Crippen molar-refractivity contribution in [3.63, 3.8) is 0 Å². The second kappa shape index (κ2) is 9.41. The van der Waals surface area contributed by atoms with Crippen molar-refractivity contribution in [3.8, 4) is 0 Å².